The van der Waals surface area contributed by atoms with Crippen LogP contribution in [0, 0.1) is 12.8 Å². The van der Waals surface area contributed by atoms with Gasteiger partial charge in [-0.15, -0.1) is 0 Å². The van der Waals surface area contributed by atoms with Crippen molar-refractivity contribution < 1.29 is 23.1 Å². The minimum atomic E-state index is -3.70. The topological polar surface area (TPSA) is 118 Å². The van der Waals surface area contributed by atoms with Gasteiger partial charge in [0.25, 0.3) is 0 Å². The van der Waals surface area contributed by atoms with Crippen molar-refractivity contribution in [2.24, 2.45) is 11.1 Å². The van der Waals surface area contributed by atoms with E-state index in [-0.39, 0.29) is 24.6 Å². The van der Waals surface area contributed by atoms with Crippen LogP contribution in [0.2, 0.25) is 0 Å². The first-order valence-corrected chi connectivity index (χ1v) is 8.48. The van der Waals surface area contributed by atoms with Crippen molar-refractivity contribution >= 4 is 21.9 Å². The lowest BCUT2D eigenvalue weighted by molar-refractivity contribution is -0.148. The average molecular weight is 326 g/mol. The van der Waals surface area contributed by atoms with E-state index < -0.39 is 28.0 Å². The maximum absolute atomic E-state index is 12.1. The van der Waals surface area contributed by atoms with Gasteiger partial charge < -0.3 is 10.0 Å². The molecule has 1 aliphatic heterocycles. The number of carbonyl (C=O) groups is 2. The van der Waals surface area contributed by atoms with Crippen LogP contribution in [-0.2, 0) is 19.6 Å². The number of carbonyl (C=O) groups excluding carboxylic acids is 1. The van der Waals surface area contributed by atoms with E-state index in [1.807, 2.05) is 6.92 Å². The number of carboxylic acid groups (broad SMARTS) is 1. The summed E-state index contributed by atoms with van der Waals surface area (Å²) in [5, 5.41) is 14.5. The molecule has 1 saturated heterocycles. The molecule has 1 aliphatic rings. The molecule has 1 aromatic carbocycles. The van der Waals surface area contributed by atoms with E-state index in [0.717, 1.165) is 5.56 Å². The second-order valence-electron chi connectivity index (χ2n) is 5.60. The van der Waals surface area contributed by atoms with Gasteiger partial charge >= 0.3 is 5.97 Å². The highest BCUT2D eigenvalue weighted by Crippen LogP contribution is 2.29. The van der Waals surface area contributed by atoms with Gasteiger partial charge in [0.1, 0.15) is 0 Å². The van der Waals surface area contributed by atoms with Gasteiger partial charge in [0, 0.05) is 18.9 Å². The molecule has 0 spiro atoms. The largest absolute Gasteiger partial charge is 0.479 e. The average Bonchev–Trinajstić information content (AvgIpc) is 2.70. The van der Waals surface area contributed by atoms with Crippen LogP contribution in [-0.4, -0.2) is 42.6 Å². The van der Waals surface area contributed by atoms with Gasteiger partial charge in [-0.05, 0) is 12.5 Å². The van der Waals surface area contributed by atoms with E-state index in [0.29, 0.717) is 5.56 Å². The first-order chi connectivity index (χ1) is 10.2. The Morgan fingerprint density at radius 2 is 2.00 bits per heavy atom. The fourth-order valence-electron chi connectivity index (χ4n) is 2.70. The highest BCUT2D eigenvalue weighted by molar-refractivity contribution is 7.89. The van der Waals surface area contributed by atoms with Gasteiger partial charge in [-0.2, -0.15) is 0 Å². The third-order valence-electron chi connectivity index (χ3n) is 3.65. The van der Waals surface area contributed by atoms with Crippen molar-refractivity contribution in [1.82, 2.24) is 4.90 Å². The van der Waals surface area contributed by atoms with Crippen molar-refractivity contribution in [1.29, 1.82) is 0 Å². The summed E-state index contributed by atoms with van der Waals surface area (Å²) in [7, 11) is -3.70. The zero-order chi connectivity index (χ0) is 16.5. The summed E-state index contributed by atoms with van der Waals surface area (Å²) >= 11 is 0. The number of hydrogen-bond acceptors (Lipinski definition) is 4. The molecule has 0 bridgehead atoms. The summed E-state index contributed by atoms with van der Waals surface area (Å²) in [6.45, 7) is 1.95. The van der Waals surface area contributed by atoms with E-state index in [1.165, 1.54) is 4.90 Å². The van der Waals surface area contributed by atoms with Crippen LogP contribution in [0.5, 0.6) is 0 Å². The predicted octanol–water partition coefficient (Wildman–Crippen LogP) is 0.258. The van der Waals surface area contributed by atoms with Gasteiger partial charge in [0.05, 0.1) is 5.75 Å². The fourth-order valence-corrected chi connectivity index (χ4v) is 3.58. The molecular weight excluding hydrogens is 308 g/mol. The van der Waals surface area contributed by atoms with E-state index >= 15 is 0 Å². The molecule has 3 N–H and O–H groups in total. The number of nitrogens with two attached hydrogens (primary N) is 1. The number of hydrogen-bond donors (Lipinski definition) is 2. The van der Waals surface area contributed by atoms with Gasteiger partial charge in [0.2, 0.25) is 15.9 Å². The molecular formula is C14H18N2O5S. The SMILES string of the molecule is Cc1ccc(C(C(=O)O)N2CC(CS(N)(=O)=O)CC2=O)cc1. The Kier molecular flexibility index (Phi) is 4.52. The van der Waals surface area contributed by atoms with Crippen molar-refractivity contribution in [3.63, 3.8) is 0 Å². The number of rotatable bonds is 5. The molecule has 1 aromatic rings. The van der Waals surface area contributed by atoms with Crippen LogP contribution < -0.4 is 5.14 Å². The Balaban J connectivity index is 2.24. The standard InChI is InChI=1S/C14H18N2O5S/c1-9-2-4-11(5-3-9)13(14(18)19)16-7-10(6-12(16)17)8-22(15,20)21/h2-5,10,13H,6-8H2,1H3,(H,18,19)(H2,15,20,21). The van der Waals surface area contributed by atoms with Gasteiger partial charge in [0.15, 0.2) is 6.04 Å². The summed E-state index contributed by atoms with van der Waals surface area (Å²) in [4.78, 5) is 24.9. The molecule has 0 aromatic heterocycles. The van der Waals surface area contributed by atoms with E-state index in [9.17, 15) is 23.1 Å². The van der Waals surface area contributed by atoms with Gasteiger partial charge in [-0.3, -0.25) is 4.79 Å². The fraction of sp³-hybridized carbons (Fsp3) is 0.429. The normalized spacial score (nSPS) is 20.2. The first-order valence-electron chi connectivity index (χ1n) is 6.76. The first kappa shape index (κ1) is 16.4. The van der Waals surface area contributed by atoms with E-state index in [1.54, 1.807) is 24.3 Å². The lowest BCUT2D eigenvalue weighted by Crippen LogP contribution is -2.36. The Morgan fingerprint density at radius 3 is 2.50 bits per heavy atom. The van der Waals surface area contributed by atoms with Gasteiger partial charge in [-0.1, -0.05) is 29.8 Å². The Bertz CT molecular complexity index is 684. The molecule has 0 saturated carbocycles. The summed E-state index contributed by atoms with van der Waals surface area (Å²) < 4.78 is 22.3. The molecule has 2 unspecified atom stereocenters. The van der Waals surface area contributed by atoms with Crippen LogP contribution in [0.1, 0.15) is 23.6 Å². The number of nitrogens with zero attached hydrogens (tertiary/aromatic N) is 1. The van der Waals surface area contributed by atoms with Gasteiger partial charge in [-0.25, -0.2) is 18.4 Å². The highest BCUT2D eigenvalue weighted by atomic mass is 32.2. The number of amides is 1. The summed E-state index contributed by atoms with van der Waals surface area (Å²) in [5.74, 6) is -2.32. The molecule has 22 heavy (non-hydrogen) atoms. The number of aryl methyl sites for hydroxylation is 1. The number of benzene rings is 1. The Morgan fingerprint density at radius 1 is 1.41 bits per heavy atom. The second-order valence-corrected chi connectivity index (χ2v) is 7.26. The maximum Gasteiger partial charge on any atom is 0.331 e. The van der Waals surface area contributed by atoms with Crippen molar-refractivity contribution in [3.8, 4) is 0 Å². The van der Waals surface area contributed by atoms with Crippen LogP contribution in [0.4, 0.5) is 0 Å². The van der Waals surface area contributed by atoms with Crippen molar-refractivity contribution in [3.05, 3.63) is 35.4 Å². The number of sulfonamides is 1. The molecule has 120 valence electrons. The number of primary sulfonamides is 1. The smallest absolute Gasteiger partial charge is 0.331 e. The molecule has 0 radical (unpaired) electrons. The zero-order valence-corrected chi connectivity index (χ0v) is 12.9. The molecule has 1 amide bonds. The van der Waals surface area contributed by atoms with E-state index in [4.69, 9.17) is 5.14 Å². The van der Waals surface area contributed by atoms with Crippen LogP contribution in [0.25, 0.3) is 0 Å². The quantitative estimate of drug-likeness (QED) is 0.804. The minimum absolute atomic E-state index is 0.00787. The van der Waals surface area contributed by atoms with Crippen molar-refractivity contribution in [2.45, 2.75) is 19.4 Å². The molecule has 7 nitrogen and oxygen atoms in total. The molecule has 2 atom stereocenters. The number of aliphatic carboxylic acids is 1. The third-order valence-corrected chi connectivity index (χ3v) is 4.58. The van der Waals surface area contributed by atoms with Crippen LogP contribution in [0.3, 0.4) is 0 Å². The summed E-state index contributed by atoms with van der Waals surface area (Å²) in [6, 6.07) is 5.75. The second kappa shape index (κ2) is 6.05. The molecule has 2 rings (SSSR count). The Labute approximate surface area is 128 Å². The lowest BCUT2D eigenvalue weighted by Gasteiger charge is -2.25. The van der Waals surface area contributed by atoms with E-state index in [2.05, 4.69) is 0 Å². The Hall–Kier alpha value is -1.93. The number of likely N-dealkylation sites (tertiary alicyclic amines) is 1. The predicted molar refractivity (Wildman–Crippen MR) is 79.4 cm³/mol. The molecule has 1 heterocycles. The van der Waals surface area contributed by atoms with Crippen LogP contribution in [0.15, 0.2) is 24.3 Å². The highest BCUT2D eigenvalue weighted by Gasteiger charge is 2.39. The summed E-state index contributed by atoms with van der Waals surface area (Å²) in [6.07, 6.45) is -0.00787. The monoisotopic (exact) mass is 326 g/mol. The molecule has 1 fully saturated rings. The minimum Gasteiger partial charge on any atom is -0.479 e. The molecule has 0 aliphatic carbocycles. The van der Waals surface area contributed by atoms with Crippen LogP contribution >= 0.6 is 0 Å². The zero-order valence-electron chi connectivity index (χ0n) is 12.1. The molecule has 8 heteroatoms. The van der Waals surface area contributed by atoms with Crippen molar-refractivity contribution in [2.75, 3.05) is 12.3 Å². The number of carboxylic acids is 1. The lowest BCUT2D eigenvalue weighted by atomic mass is 10.0. The summed E-state index contributed by atoms with van der Waals surface area (Å²) in [5.41, 5.74) is 1.47. The third kappa shape index (κ3) is 3.83. The maximum atomic E-state index is 12.1.